The molecule has 1 aromatic carbocycles. The van der Waals surface area contributed by atoms with E-state index in [9.17, 15) is 0 Å². The van der Waals surface area contributed by atoms with E-state index in [1.54, 1.807) is 14.2 Å². The van der Waals surface area contributed by atoms with Crippen LogP contribution in [-0.4, -0.2) is 58.0 Å². The Morgan fingerprint density at radius 1 is 1.23 bits per heavy atom. The molecule has 1 aliphatic heterocycles. The normalized spacial score (nSPS) is 17.3. The van der Waals surface area contributed by atoms with Crippen LogP contribution in [-0.2, 0) is 11.3 Å². The molecule has 1 fully saturated rings. The van der Waals surface area contributed by atoms with E-state index in [2.05, 4.69) is 33.1 Å². The van der Waals surface area contributed by atoms with Crippen molar-refractivity contribution in [3.05, 3.63) is 22.2 Å². The highest BCUT2D eigenvalue weighted by molar-refractivity contribution is 9.10. The molecular formula is C16H25BrN2O3. The highest BCUT2D eigenvalue weighted by Gasteiger charge is 2.14. The SMILES string of the molecule is COc1cc(Br)c(CNC(C)CN2CCOCC2)cc1OC. The summed E-state index contributed by atoms with van der Waals surface area (Å²) in [6, 6.07) is 4.37. The van der Waals surface area contributed by atoms with Crippen molar-refractivity contribution in [2.45, 2.75) is 19.5 Å². The van der Waals surface area contributed by atoms with Gasteiger partial charge in [0.15, 0.2) is 11.5 Å². The first-order valence-electron chi connectivity index (χ1n) is 7.58. The molecule has 0 aromatic heterocycles. The fourth-order valence-electron chi connectivity index (χ4n) is 2.55. The maximum Gasteiger partial charge on any atom is 0.161 e. The Balaban J connectivity index is 1.90. The average Bonchev–Trinajstić information content (AvgIpc) is 2.54. The highest BCUT2D eigenvalue weighted by Crippen LogP contribution is 2.33. The van der Waals surface area contributed by atoms with Crippen molar-refractivity contribution in [1.82, 2.24) is 10.2 Å². The smallest absolute Gasteiger partial charge is 0.161 e. The number of methoxy groups -OCH3 is 2. The summed E-state index contributed by atoms with van der Waals surface area (Å²) < 4.78 is 17.1. The van der Waals surface area contributed by atoms with Crippen LogP contribution >= 0.6 is 15.9 Å². The van der Waals surface area contributed by atoms with Crippen LogP contribution in [0, 0.1) is 0 Å². The first-order valence-corrected chi connectivity index (χ1v) is 8.37. The third-order valence-electron chi connectivity index (χ3n) is 3.83. The van der Waals surface area contributed by atoms with Gasteiger partial charge in [-0.1, -0.05) is 15.9 Å². The van der Waals surface area contributed by atoms with E-state index in [1.165, 1.54) is 0 Å². The zero-order valence-corrected chi connectivity index (χ0v) is 15.1. The number of ether oxygens (including phenoxy) is 3. The van der Waals surface area contributed by atoms with Gasteiger partial charge in [-0.25, -0.2) is 0 Å². The molecule has 1 unspecified atom stereocenters. The first-order chi connectivity index (χ1) is 10.6. The largest absolute Gasteiger partial charge is 0.493 e. The van der Waals surface area contributed by atoms with Crippen LogP contribution < -0.4 is 14.8 Å². The monoisotopic (exact) mass is 372 g/mol. The van der Waals surface area contributed by atoms with Gasteiger partial charge in [0.1, 0.15) is 0 Å². The van der Waals surface area contributed by atoms with Gasteiger partial charge in [-0.3, -0.25) is 4.90 Å². The number of rotatable bonds is 7. The molecule has 0 saturated carbocycles. The summed E-state index contributed by atoms with van der Waals surface area (Å²) in [6.45, 7) is 7.75. The lowest BCUT2D eigenvalue weighted by Gasteiger charge is -2.29. The van der Waals surface area contributed by atoms with E-state index in [-0.39, 0.29) is 0 Å². The minimum Gasteiger partial charge on any atom is -0.493 e. The van der Waals surface area contributed by atoms with Gasteiger partial charge in [0.25, 0.3) is 0 Å². The van der Waals surface area contributed by atoms with Crippen molar-refractivity contribution in [2.75, 3.05) is 47.1 Å². The van der Waals surface area contributed by atoms with E-state index < -0.39 is 0 Å². The van der Waals surface area contributed by atoms with Crippen LogP contribution in [0.3, 0.4) is 0 Å². The van der Waals surface area contributed by atoms with Gasteiger partial charge in [-0.2, -0.15) is 0 Å². The summed E-state index contributed by atoms with van der Waals surface area (Å²) >= 11 is 3.60. The van der Waals surface area contributed by atoms with Crippen molar-refractivity contribution in [3.63, 3.8) is 0 Å². The van der Waals surface area contributed by atoms with E-state index in [0.29, 0.717) is 6.04 Å². The predicted octanol–water partition coefficient (Wildman–Crippen LogP) is 2.28. The van der Waals surface area contributed by atoms with Crippen molar-refractivity contribution >= 4 is 15.9 Å². The van der Waals surface area contributed by atoms with Crippen LogP contribution in [0.25, 0.3) is 0 Å². The van der Waals surface area contributed by atoms with E-state index in [4.69, 9.17) is 14.2 Å². The summed E-state index contributed by atoms with van der Waals surface area (Å²) in [4.78, 5) is 2.44. The van der Waals surface area contributed by atoms with Crippen molar-refractivity contribution in [1.29, 1.82) is 0 Å². The van der Waals surface area contributed by atoms with Crippen LogP contribution in [0.1, 0.15) is 12.5 Å². The first kappa shape index (κ1) is 17.5. The maximum absolute atomic E-state index is 5.38. The van der Waals surface area contributed by atoms with Crippen molar-refractivity contribution < 1.29 is 14.2 Å². The quantitative estimate of drug-likeness (QED) is 0.795. The second-order valence-corrected chi connectivity index (χ2v) is 6.35. The molecule has 22 heavy (non-hydrogen) atoms. The molecule has 1 aliphatic rings. The van der Waals surface area contributed by atoms with Crippen LogP contribution in [0.15, 0.2) is 16.6 Å². The zero-order valence-electron chi connectivity index (χ0n) is 13.5. The molecule has 1 aromatic rings. The van der Waals surface area contributed by atoms with Crippen LogP contribution in [0.2, 0.25) is 0 Å². The van der Waals surface area contributed by atoms with Gasteiger partial charge in [-0.05, 0) is 24.6 Å². The molecule has 1 atom stereocenters. The molecule has 2 rings (SSSR count). The number of morpholine rings is 1. The van der Waals surface area contributed by atoms with Gasteiger partial charge < -0.3 is 19.5 Å². The molecule has 124 valence electrons. The second-order valence-electron chi connectivity index (χ2n) is 5.49. The second kappa shape index (κ2) is 8.72. The number of nitrogens with zero attached hydrogens (tertiary/aromatic N) is 1. The molecule has 1 N–H and O–H groups in total. The Bertz CT molecular complexity index is 479. The molecule has 5 nitrogen and oxygen atoms in total. The lowest BCUT2D eigenvalue weighted by Crippen LogP contribution is -2.44. The highest BCUT2D eigenvalue weighted by atomic mass is 79.9. The minimum atomic E-state index is 0.415. The van der Waals surface area contributed by atoms with Crippen LogP contribution in [0.5, 0.6) is 11.5 Å². The number of halogens is 1. The summed E-state index contributed by atoms with van der Waals surface area (Å²) in [5.41, 5.74) is 1.16. The van der Waals surface area contributed by atoms with E-state index in [1.807, 2.05) is 12.1 Å². The minimum absolute atomic E-state index is 0.415. The average molecular weight is 373 g/mol. The Morgan fingerprint density at radius 3 is 2.50 bits per heavy atom. The van der Waals surface area contributed by atoms with Gasteiger partial charge in [0, 0.05) is 36.7 Å². The molecule has 0 spiro atoms. The Labute approximate surface area is 141 Å². The van der Waals surface area contributed by atoms with E-state index in [0.717, 1.165) is 60.9 Å². The molecule has 1 heterocycles. The van der Waals surface area contributed by atoms with Crippen molar-refractivity contribution in [3.8, 4) is 11.5 Å². The summed E-state index contributed by atoms with van der Waals surface area (Å²) in [5.74, 6) is 1.49. The molecular weight excluding hydrogens is 348 g/mol. The molecule has 0 aliphatic carbocycles. The molecule has 0 amide bonds. The lowest BCUT2D eigenvalue weighted by atomic mass is 10.2. The van der Waals surface area contributed by atoms with Crippen LogP contribution in [0.4, 0.5) is 0 Å². The van der Waals surface area contributed by atoms with Gasteiger partial charge in [0.2, 0.25) is 0 Å². The van der Waals surface area contributed by atoms with E-state index >= 15 is 0 Å². The Kier molecular flexibility index (Phi) is 6.95. The van der Waals surface area contributed by atoms with Gasteiger partial charge in [-0.15, -0.1) is 0 Å². The number of hydrogen-bond acceptors (Lipinski definition) is 5. The van der Waals surface area contributed by atoms with Gasteiger partial charge >= 0.3 is 0 Å². The predicted molar refractivity (Wildman–Crippen MR) is 90.8 cm³/mol. The third kappa shape index (κ3) is 4.84. The summed E-state index contributed by atoms with van der Waals surface area (Å²) in [6.07, 6.45) is 0. The number of nitrogens with one attached hydrogen (secondary N) is 1. The Hall–Kier alpha value is -0.820. The third-order valence-corrected chi connectivity index (χ3v) is 4.57. The number of hydrogen-bond donors (Lipinski definition) is 1. The molecule has 0 bridgehead atoms. The fourth-order valence-corrected chi connectivity index (χ4v) is 3.01. The maximum atomic E-state index is 5.38. The standard InChI is InChI=1S/C16H25BrN2O3/c1-12(11-19-4-6-22-7-5-19)18-10-13-8-15(20-2)16(21-3)9-14(13)17/h8-9,12,18H,4-7,10-11H2,1-3H3. The summed E-state index contributed by atoms with van der Waals surface area (Å²) in [5, 5.41) is 3.57. The lowest BCUT2D eigenvalue weighted by molar-refractivity contribution is 0.0343. The fraction of sp³-hybridized carbons (Fsp3) is 0.625. The van der Waals surface area contributed by atoms with Crippen molar-refractivity contribution in [2.24, 2.45) is 0 Å². The molecule has 0 radical (unpaired) electrons. The molecule has 6 heteroatoms. The molecule has 1 saturated heterocycles. The topological polar surface area (TPSA) is 43.0 Å². The summed E-state index contributed by atoms with van der Waals surface area (Å²) in [7, 11) is 3.30. The Morgan fingerprint density at radius 2 is 1.86 bits per heavy atom. The number of benzene rings is 1. The van der Waals surface area contributed by atoms with Gasteiger partial charge in [0.05, 0.1) is 27.4 Å². The zero-order chi connectivity index (χ0) is 15.9.